The van der Waals surface area contributed by atoms with E-state index in [-0.39, 0.29) is 19.1 Å². The summed E-state index contributed by atoms with van der Waals surface area (Å²) < 4.78 is 28.3. The number of hydrogen-bond acceptors (Lipinski definition) is 9. The van der Waals surface area contributed by atoms with Gasteiger partial charge >= 0.3 is 12.1 Å². The van der Waals surface area contributed by atoms with Crippen molar-refractivity contribution in [3.05, 3.63) is 22.1 Å². The molecule has 1 aliphatic rings. The Morgan fingerprint density at radius 3 is 2.39 bits per heavy atom. The van der Waals surface area contributed by atoms with Gasteiger partial charge in [-0.05, 0) is 55.1 Å². The molecule has 1 N–H and O–H groups in total. The van der Waals surface area contributed by atoms with Crippen molar-refractivity contribution >= 4 is 33.9 Å². The number of cyclic esters (lactones) is 1. The highest BCUT2D eigenvalue weighted by molar-refractivity contribution is 9.10. The molecule has 1 aromatic heterocycles. The zero-order valence-corrected chi connectivity index (χ0v) is 23.5. The minimum absolute atomic E-state index is 0.0220. The average Bonchev–Trinajstić information content (AvgIpc) is 3.27. The zero-order valence-electron chi connectivity index (χ0n) is 21.9. The quantitative estimate of drug-likeness (QED) is 0.258. The molecule has 0 saturated carbocycles. The maximum absolute atomic E-state index is 13.5. The molecular formula is C25H38BrNO9. The molecule has 36 heavy (non-hydrogen) atoms. The Morgan fingerprint density at radius 2 is 1.81 bits per heavy atom. The van der Waals surface area contributed by atoms with Crippen LogP contribution in [-0.2, 0) is 35.0 Å². The first kappa shape index (κ1) is 30.3. The van der Waals surface area contributed by atoms with E-state index in [9.17, 15) is 14.4 Å². The number of aliphatic hydroxyl groups is 1. The van der Waals surface area contributed by atoms with Gasteiger partial charge in [0.15, 0.2) is 6.10 Å². The highest BCUT2D eigenvalue weighted by atomic mass is 79.9. The third-order valence-electron chi connectivity index (χ3n) is 5.90. The predicted octanol–water partition coefficient (Wildman–Crippen LogP) is 4.02. The Kier molecular flexibility index (Phi) is 11.4. The molecule has 2 amide bonds. The van der Waals surface area contributed by atoms with Crippen LogP contribution in [0.1, 0.15) is 65.6 Å². The maximum Gasteiger partial charge on any atom is 0.417 e. The van der Waals surface area contributed by atoms with Crippen LogP contribution >= 0.6 is 15.9 Å². The zero-order chi connectivity index (χ0) is 27.0. The molecule has 2 rings (SSSR count). The average molecular weight is 576 g/mol. The number of carbonyl (C=O) groups excluding carboxylic acids is 3. The van der Waals surface area contributed by atoms with Crippen molar-refractivity contribution in [2.75, 3.05) is 33.0 Å². The third kappa shape index (κ3) is 7.77. The number of furan rings is 1. The van der Waals surface area contributed by atoms with Gasteiger partial charge in [0, 0.05) is 20.0 Å². The number of aliphatic hydroxyl groups excluding tert-OH is 1. The second kappa shape index (κ2) is 13.6. The van der Waals surface area contributed by atoms with Gasteiger partial charge < -0.3 is 28.5 Å². The van der Waals surface area contributed by atoms with Crippen LogP contribution in [0.25, 0.3) is 0 Å². The molecule has 1 saturated heterocycles. The second-order valence-corrected chi connectivity index (χ2v) is 10.5. The monoisotopic (exact) mass is 575 g/mol. The van der Waals surface area contributed by atoms with E-state index < -0.39 is 41.6 Å². The number of nitrogens with zero attached hydrogens (tertiary/aromatic N) is 1. The second-order valence-electron chi connectivity index (χ2n) is 9.66. The van der Waals surface area contributed by atoms with E-state index in [4.69, 9.17) is 28.5 Å². The summed E-state index contributed by atoms with van der Waals surface area (Å²) in [7, 11) is 0. The molecule has 1 aromatic rings. The first-order chi connectivity index (χ1) is 16.9. The van der Waals surface area contributed by atoms with Gasteiger partial charge in [0.05, 0.1) is 42.9 Å². The molecule has 204 valence electrons. The lowest BCUT2D eigenvalue weighted by Gasteiger charge is -2.33. The van der Waals surface area contributed by atoms with E-state index in [1.54, 1.807) is 26.8 Å². The molecule has 1 aliphatic heterocycles. The molecule has 3 atom stereocenters. The summed E-state index contributed by atoms with van der Waals surface area (Å²) in [5, 5.41) is 8.68. The molecule has 0 spiro atoms. The van der Waals surface area contributed by atoms with Crippen LogP contribution in [-0.4, -0.2) is 72.7 Å². The Hall–Kier alpha value is -1.95. The fourth-order valence-corrected chi connectivity index (χ4v) is 4.98. The van der Waals surface area contributed by atoms with E-state index in [0.29, 0.717) is 48.7 Å². The number of rotatable bonds is 14. The van der Waals surface area contributed by atoms with Crippen molar-refractivity contribution in [2.45, 2.75) is 72.1 Å². The minimum Gasteiger partial charge on any atom is -0.461 e. The molecule has 0 aliphatic carbocycles. The lowest BCUT2D eigenvalue weighted by atomic mass is 9.88. The van der Waals surface area contributed by atoms with E-state index in [1.807, 2.05) is 13.8 Å². The third-order valence-corrected chi connectivity index (χ3v) is 6.57. The summed E-state index contributed by atoms with van der Waals surface area (Å²) in [5.74, 6) is -1.08. The van der Waals surface area contributed by atoms with Crippen molar-refractivity contribution in [1.29, 1.82) is 0 Å². The summed E-state index contributed by atoms with van der Waals surface area (Å²) in [5.41, 5.74) is -0.842. The largest absolute Gasteiger partial charge is 0.461 e. The van der Waals surface area contributed by atoms with Gasteiger partial charge in [-0.15, -0.1) is 0 Å². The Labute approximate surface area is 220 Å². The molecule has 0 radical (unpaired) electrons. The number of aryl methyl sites for hydroxylation is 1. The van der Waals surface area contributed by atoms with E-state index in [2.05, 4.69) is 15.9 Å². The first-order valence-corrected chi connectivity index (χ1v) is 13.0. The Morgan fingerprint density at radius 1 is 1.17 bits per heavy atom. The van der Waals surface area contributed by atoms with Crippen LogP contribution < -0.4 is 0 Å². The van der Waals surface area contributed by atoms with Crippen molar-refractivity contribution in [3.8, 4) is 0 Å². The van der Waals surface area contributed by atoms with Crippen molar-refractivity contribution in [3.63, 3.8) is 0 Å². The predicted molar refractivity (Wildman–Crippen MR) is 133 cm³/mol. The standard InChI is InChI=1S/C25H38BrNO9/c1-15(2)22-25(5,6)36-24(31)27(22)23(30)16(3)21(34-17(4)29)20-14-18(26)19(35-20)8-7-10-32-12-13-33-11-9-28/h14-16,21-22,28H,7-13H2,1-6H3/t16-,21-,22-/m0/s1. The molecule has 0 unspecified atom stereocenters. The molecule has 2 heterocycles. The Balaban J connectivity index is 2.12. The molecule has 1 fully saturated rings. The number of ether oxygens (including phenoxy) is 4. The Bertz CT molecular complexity index is 898. The van der Waals surface area contributed by atoms with Crippen LogP contribution in [0.3, 0.4) is 0 Å². The first-order valence-electron chi connectivity index (χ1n) is 12.2. The van der Waals surface area contributed by atoms with Crippen LogP contribution in [0.15, 0.2) is 15.0 Å². The van der Waals surface area contributed by atoms with Gasteiger partial charge in [0.1, 0.15) is 17.1 Å². The number of amides is 2. The number of hydrogen-bond donors (Lipinski definition) is 1. The smallest absolute Gasteiger partial charge is 0.417 e. The summed E-state index contributed by atoms with van der Waals surface area (Å²) in [6.07, 6.45) is -0.511. The van der Waals surface area contributed by atoms with Gasteiger partial charge in [-0.1, -0.05) is 13.8 Å². The number of halogens is 1. The van der Waals surface area contributed by atoms with Crippen molar-refractivity contribution in [2.24, 2.45) is 11.8 Å². The van der Waals surface area contributed by atoms with Gasteiger partial charge in [0.2, 0.25) is 5.91 Å². The molecule has 0 aromatic carbocycles. The molecule has 10 nitrogen and oxygen atoms in total. The van der Waals surface area contributed by atoms with Gasteiger partial charge in [0.25, 0.3) is 0 Å². The lowest BCUT2D eigenvalue weighted by molar-refractivity contribution is -0.155. The summed E-state index contributed by atoms with van der Waals surface area (Å²) in [6.45, 7) is 11.8. The summed E-state index contributed by atoms with van der Waals surface area (Å²) >= 11 is 3.48. The van der Waals surface area contributed by atoms with Crippen LogP contribution in [0.2, 0.25) is 0 Å². The minimum atomic E-state index is -1.02. The van der Waals surface area contributed by atoms with Crippen molar-refractivity contribution < 1.29 is 42.9 Å². The van der Waals surface area contributed by atoms with Crippen LogP contribution in [0, 0.1) is 11.8 Å². The van der Waals surface area contributed by atoms with E-state index >= 15 is 0 Å². The highest BCUT2D eigenvalue weighted by Crippen LogP contribution is 2.38. The molecular weight excluding hydrogens is 538 g/mol. The molecule has 0 bridgehead atoms. The van der Waals surface area contributed by atoms with Crippen LogP contribution in [0.5, 0.6) is 0 Å². The maximum atomic E-state index is 13.5. The van der Waals surface area contributed by atoms with Crippen molar-refractivity contribution in [1.82, 2.24) is 4.90 Å². The van der Waals surface area contributed by atoms with Crippen LogP contribution in [0.4, 0.5) is 4.79 Å². The van der Waals surface area contributed by atoms with Gasteiger partial charge in [-0.3, -0.25) is 9.59 Å². The lowest BCUT2D eigenvalue weighted by Crippen LogP contribution is -2.50. The fraction of sp³-hybridized carbons (Fsp3) is 0.720. The number of carbonyl (C=O) groups is 3. The van der Waals surface area contributed by atoms with Gasteiger partial charge in [-0.25, -0.2) is 9.69 Å². The molecule has 11 heteroatoms. The normalized spacial score (nSPS) is 18.9. The number of esters is 1. The summed E-state index contributed by atoms with van der Waals surface area (Å²) in [4.78, 5) is 39.2. The SMILES string of the molecule is CC(=O)O[C@H](c1cc(Br)c(CCCOCCOCCO)o1)[C@H](C)C(=O)N1C(=O)OC(C)(C)[C@@H]1C(C)C. The van der Waals surface area contributed by atoms with Gasteiger partial charge in [-0.2, -0.15) is 0 Å². The summed E-state index contributed by atoms with van der Waals surface area (Å²) in [6, 6.07) is 1.22. The fourth-order valence-electron chi connectivity index (χ4n) is 4.48. The van der Waals surface area contributed by atoms with E-state index in [1.165, 1.54) is 6.92 Å². The number of imide groups is 1. The highest BCUT2D eigenvalue weighted by Gasteiger charge is 2.53. The topological polar surface area (TPSA) is 125 Å². The van der Waals surface area contributed by atoms with E-state index in [0.717, 1.165) is 4.90 Å².